The number of nitrogens with zero attached hydrogens (tertiary/aromatic N) is 3. The minimum absolute atomic E-state index is 0.474. The molecular formula is C15H17N5O. The van der Waals surface area contributed by atoms with Gasteiger partial charge >= 0.3 is 0 Å². The molecule has 1 aromatic carbocycles. The second-order valence-electron chi connectivity index (χ2n) is 4.85. The van der Waals surface area contributed by atoms with Crippen LogP contribution in [0.15, 0.2) is 24.5 Å². The number of aromatic nitrogens is 4. The van der Waals surface area contributed by atoms with Crippen LogP contribution in [0.2, 0.25) is 0 Å². The predicted molar refractivity (Wildman–Crippen MR) is 81.8 cm³/mol. The third-order valence-electron chi connectivity index (χ3n) is 3.14. The van der Waals surface area contributed by atoms with Gasteiger partial charge in [-0.3, -0.25) is 0 Å². The Kier molecular flexibility index (Phi) is 3.43. The van der Waals surface area contributed by atoms with Crippen molar-refractivity contribution in [2.24, 2.45) is 0 Å². The molecule has 108 valence electrons. The molecule has 0 bridgehead atoms. The number of anilines is 1. The molecule has 2 N–H and O–H groups in total. The van der Waals surface area contributed by atoms with E-state index in [1.165, 1.54) is 0 Å². The molecule has 0 aliphatic heterocycles. The Morgan fingerprint density at radius 3 is 2.90 bits per heavy atom. The molecule has 0 saturated heterocycles. The van der Waals surface area contributed by atoms with Crippen molar-refractivity contribution in [1.29, 1.82) is 0 Å². The van der Waals surface area contributed by atoms with Crippen molar-refractivity contribution >= 4 is 17.1 Å². The van der Waals surface area contributed by atoms with Crippen molar-refractivity contribution in [3.05, 3.63) is 35.7 Å². The maximum atomic E-state index is 5.99. The topological polar surface area (TPSA) is 75.7 Å². The van der Waals surface area contributed by atoms with E-state index in [0.29, 0.717) is 23.0 Å². The normalized spacial score (nSPS) is 10.8. The van der Waals surface area contributed by atoms with Crippen LogP contribution in [-0.2, 0) is 0 Å². The van der Waals surface area contributed by atoms with E-state index in [2.05, 4.69) is 31.3 Å². The second kappa shape index (κ2) is 5.40. The number of H-pyrrole nitrogens is 1. The lowest BCUT2D eigenvalue weighted by Gasteiger charge is -2.10. The largest absolute Gasteiger partial charge is 0.437 e. The molecule has 0 aliphatic carbocycles. The zero-order valence-corrected chi connectivity index (χ0v) is 12.3. The third-order valence-corrected chi connectivity index (χ3v) is 3.14. The summed E-state index contributed by atoms with van der Waals surface area (Å²) in [4.78, 5) is 15.9. The summed E-state index contributed by atoms with van der Waals surface area (Å²) < 4.78 is 5.99. The Morgan fingerprint density at radius 1 is 1.24 bits per heavy atom. The number of hydrogen-bond acceptors (Lipinski definition) is 5. The smallest absolute Gasteiger partial charge is 0.250 e. The molecular weight excluding hydrogens is 266 g/mol. The maximum Gasteiger partial charge on any atom is 0.250 e. The zero-order valence-electron chi connectivity index (χ0n) is 12.3. The quantitative estimate of drug-likeness (QED) is 0.769. The molecule has 0 aliphatic rings. The average molecular weight is 283 g/mol. The molecule has 0 fully saturated rings. The van der Waals surface area contributed by atoms with Crippen molar-refractivity contribution in [2.45, 2.75) is 20.8 Å². The molecule has 0 spiro atoms. The van der Waals surface area contributed by atoms with E-state index in [9.17, 15) is 0 Å². The van der Waals surface area contributed by atoms with Crippen molar-refractivity contribution < 1.29 is 4.74 Å². The fourth-order valence-corrected chi connectivity index (χ4v) is 2.04. The molecule has 2 aromatic heterocycles. The van der Waals surface area contributed by atoms with E-state index in [-0.39, 0.29) is 0 Å². The summed E-state index contributed by atoms with van der Waals surface area (Å²) in [5, 5.41) is 3.09. The average Bonchev–Trinajstić information content (AvgIpc) is 2.92. The van der Waals surface area contributed by atoms with Crippen LogP contribution in [0.5, 0.6) is 11.6 Å². The zero-order chi connectivity index (χ0) is 14.8. The standard InChI is InChI=1S/C15H17N5O/c1-4-16-15-19-13-12(17-8-18-13)14(20-15)21-11-7-9(2)5-6-10(11)3/h5-8H,4H2,1-3H3,(H2,16,17,18,19,20). The highest BCUT2D eigenvalue weighted by molar-refractivity contribution is 5.77. The Morgan fingerprint density at radius 2 is 2.10 bits per heavy atom. The lowest BCUT2D eigenvalue weighted by molar-refractivity contribution is 0.464. The van der Waals surface area contributed by atoms with E-state index in [0.717, 1.165) is 23.4 Å². The van der Waals surface area contributed by atoms with Crippen LogP contribution in [0, 0.1) is 13.8 Å². The van der Waals surface area contributed by atoms with Gasteiger partial charge in [-0.2, -0.15) is 9.97 Å². The molecule has 3 aromatic rings. The predicted octanol–water partition coefficient (Wildman–Crippen LogP) is 3.19. The Bertz CT molecular complexity index is 781. The summed E-state index contributed by atoms with van der Waals surface area (Å²) in [5.41, 5.74) is 3.47. The van der Waals surface area contributed by atoms with Gasteiger partial charge < -0.3 is 15.0 Å². The number of hydrogen-bond donors (Lipinski definition) is 2. The number of ether oxygens (including phenoxy) is 1. The number of nitrogens with one attached hydrogen (secondary N) is 2. The molecule has 21 heavy (non-hydrogen) atoms. The van der Waals surface area contributed by atoms with E-state index in [1.807, 2.05) is 32.9 Å². The van der Waals surface area contributed by atoms with Gasteiger partial charge in [0.05, 0.1) is 6.33 Å². The van der Waals surface area contributed by atoms with Crippen molar-refractivity contribution in [3.8, 4) is 11.6 Å². The molecule has 6 heteroatoms. The van der Waals surface area contributed by atoms with Crippen LogP contribution < -0.4 is 10.1 Å². The van der Waals surface area contributed by atoms with Crippen LogP contribution in [0.1, 0.15) is 18.1 Å². The summed E-state index contributed by atoms with van der Waals surface area (Å²) >= 11 is 0. The number of benzene rings is 1. The minimum Gasteiger partial charge on any atom is -0.437 e. The van der Waals surface area contributed by atoms with Gasteiger partial charge in [0, 0.05) is 6.54 Å². The van der Waals surface area contributed by atoms with Gasteiger partial charge in [0.15, 0.2) is 5.65 Å². The van der Waals surface area contributed by atoms with Crippen molar-refractivity contribution in [2.75, 3.05) is 11.9 Å². The summed E-state index contributed by atoms with van der Waals surface area (Å²) in [6.07, 6.45) is 1.59. The van der Waals surface area contributed by atoms with E-state index >= 15 is 0 Å². The molecule has 0 atom stereocenters. The fourth-order valence-electron chi connectivity index (χ4n) is 2.04. The first-order valence-electron chi connectivity index (χ1n) is 6.87. The van der Waals surface area contributed by atoms with Crippen LogP contribution in [0.4, 0.5) is 5.95 Å². The summed E-state index contributed by atoms with van der Waals surface area (Å²) in [6, 6.07) is 6.08. The lowest BCUT2D eigenvalue weighted by Crippen LogP contribution is -2.04. The van der Waals surface area contributed by atoms with Gasteiger partial charge in [-0.1, -0.05) is 12.1 Å². The fraction of sp³-hybridized carbons (Fsp3) is 0.267. The van der Waals surface area contributed by atoms with Gasteiger partial charge in [0.2, 0.25) is 5.95 Å². The van der Waals surface area contributed by atoms with E-state index in [1.54, 1.807) is 6.33 Å². The van der Waals surface area contributed by atoms with E-state index in [4.69, 9.17) is 4.74 Å². The van der Waals surface area contributed by atoms with Crippen LogP contribution in [0.25, 0.3) is 11.2 Å². The first-order chi connectivity index (χ1) is 10.2. The highest BCUT2D eigenvalue weighted by Crippen LogP contribution is 2.29. The first-order valence-corrected chi connectivity index (χ1v) is 6.87. The summed E-state index contributed by atoms with van der Waals surface area (Å²) in [7, 11) is 0. The van der Waals surface area contributed by atoms with Crippen LogP contribution in [0.3, 0.4) is 0 Å². The number of fused-ring (bicyclic) bond motifs is 1. The van der Waals surface area contributed by atoms with E-state index < -0.39 is 0 Å². The third kappa shape index (κ3) is 2.65. The molecule has 2 heterocycles. The van der Waals surface area contributed by atoms with Crippen LogP contribution >= 0.6 is 0 Å². The molecule has 3 rings (SSSR count). The molecule has 0 saturated carbocycles. The molecule has 0 radical (unpaired) electrons. The van der Waals surface area contributed by atoms with Gasteiger partial charge in [-0.05, 0) is 38.0 Å². The van der Waals surface area contributed by atoms with Gasteiger partial charge in [-0.15, -0.1) is 0 Å². The highest BCUT2D eigenvalue weighted by Gasteiger charge is 2.13. The Balaban J connectivity index is 2.06. The van der Waals surface area contributed by atoms with Crippen LogP contribution in [-0.4, -0.2) is 26.5 Å². The molecule has 6 nitrogen and oxygen atoms in total. The number of aryl methyl sites for hydroxylation is 2. The van der Waals surface area contributed by atoms with Gasteiger partial charge in [0.1, 0.15) is 11.3 Å². The number of aromatic amines is 1. The van der Waals surface area contributed by atoms with Crippen molar-refractivity contribution in [3.63, 3.8) is 0 Å². The summed E-state index contributed by atoms with van der Waals surface area (Å²) in [6.45, 7) is 6.76. The second-order valence-corrected chi connectivity index (χ2v) is 4.85. The first kappa shape index (κ1) is 13.4. The monoisotopic (exact) mass is 283 g/mol. The Labute approximate surface area is 122 Å². The van der Waals surface area contributed by atoms with Gasteiger partial charge in [0.25, 0.3) is 5.88 Å². The number of imidazole rings is 1. The summed E-state index contributed by atoms with van der Waals surface area (Å²) in [5.74, 6) is 1.77. The molecule has 0 amide bonds. The lowest BCUT2D eigenvalue weighted by atomic mass is 10.1. The molecule has 0 unspecified atom stereocenters. The van der Waals surface area contributed by atoms with Crippen molar-refractivity contribution in [1.82, 2.24) is 19.9 Å². The Hall–Kier alpha value is -2.63. The van der Waals surface area contributed by atoms with Gasteiger partial charge in [-0.25, -0.2) is 4.98 Å². The maximum absolute atomic E-state index is 5.99. The highest BCUT2D eigenvalue weighted by atomic mass is 16.5. The minimum atomic E-state index is 0.474. The SMILES string of the molecule is CCNc1nc(Oc2cc(C)ccc2C)c2[nH]cnc2n1. The number of rotatable bonds is 4.